The summed E-state index contributed by atoms with van der Waals surface area (Å²) >= 11 is 0. The van der Waals surface area contributed by atoms with E-state index in [1.807, 2.05) is 74.5 Å². The second-order valence-corrected chi connectivity index (χ2v) is 28.4. The average Bonchev–Trinajstić information content (AvgIpc) is 3.16. The van der Waals surface area contributed by atoms with Gasteiger partial charge in [0.1, 0.15) is 6.10 Å². The lowest BCUT2D eigenvalue weighted by molar-refractivity contribution is -0.354. The number of hydrogen-bond donors (Lipinski definition) is 0. The van der Waals surface area contributed by atoms with E-state index < -0.39 is 69.4 Å². The highest BCUT2D eigenvalue weighted by Crippen LogP contribution is 2.44. The van der Waals surface area contributed by atoms with Gasteiger partial charge in [-0.05, 0) is 53.0 Å². The van der Waals surface area contributed by atoms with Crippen molar-refractivity contribution in [3.05, 3.63) is 109 Å². The Bertz CT molecular complexity index is 1690. The zero-order valence-electron chi connectivity index (χ0n) is 37.8. The molecule has 10 heteroatoms. The molecule has 3 aromatic carbocycles. The highest BCUT2D eigenvalue weighted by Gasteiger charge is 2.55. The van der Waals surface area contributed by atoms with Gasteiger partial charge in [-0.15, -0.1) is 6.58 Å². The summed E-state index contributed by atoms with van der Waals surface area (Å²) in [6.07, 6.45) is -0.806. The maximum Gasteiger partial charge on any atom is 0.336 e. The Hall–Kier alpha value is -2.94. The lowest BCUT2D eigenvalue weighted by atomic mass is 9.80. The van der Waals surface area contributed by atoms with Crippen LogP contribution in [0.2, 0.25) is 23.2 Å². The number of methoxy groups -OCH3 is 2. The Kier molecular flexibility index (Phi) is 15.8. The Morgan fingerprint density at radius 2 is 1.31 bits per heavy atom. The number of benzene rings is 3. The molecule has 4 rings (SSSR count). The molecule has 0 amide bonds. The number of esters is 1. The Morgan fingerprint density at radius 1 is 0.793 bits per heavy atom. The molecule has 0 spiro atoms. The van der Waals surface area contributed by atoms with Gasteiger partial charge >= 0.3 is 5.97 Å². The van der Waals surface area contributed by atoms with Crippen molar-refractivity contribution in [1.82, 2.24) is 0 Å². The van der Waals surface area contributed by atoms with Crippen molar-refractivity contribution in [2.24, 2.45) is 5.41 Å². The number of rotatable bonds is 18. The molecule has 0 aliphatic carbocycles. The van der Waals surface area contributed by atoms with E-state index in [-0.39, 0.29) is 11.1 Å². The topological polar surface area (TPSA) is 81.7 Å². The van der Waals surface area contributed by atoms with Gasteiger partial charge in [0.25, 0.3) is 8.32 Å². The monoisotopic (exact) mass is 832 g/mol. The standard InChI is InChI=1S/C48H72O8Si2/c1-16-47(8,9)43-41(52-34-35-26-20-17-21-27-35)40(53-48(10,11)54-43)33-36(55-57(14,15)45(2,3)4)32-39(50-12)42(44(49)51-13)56-58(46(5,6)7,37-28-22-18-23-29-37)38-30-24-19-25-31-38/h16-31,36,39-43H,1,32-34H2,2-15H3/t36-,39+,40+,41+,42-,43+/m0/s1. The fourth-order valence-electron chi connectivity index (χ4n) is 7.78. The molecular weight excluding hydrogens is 761 g/mol. The van der Waals surface area contributed by atoms with Gasteiger partial charge in [0.2, 0.25) is 0 Å². The van der Waals surface area contributed by atoms with Crippen molar-refractivity contribution >= 4 is 33.0 Å². The Balaban J connectivity index is 1.84. The van der Waals surface area contributed by atoms with Crippen molar-refractivity contribution in [2.45, 2.75) is 154 Å². The number of ether oxygens (including phenoxy) is 5. The highest BCUT2D eigenvalue weighted by molar-refractivity contribution is 6.99. The minimum atomic E-state index is -3.23. The molecule has 58 heavy (non-hydrogen) atoms. The molecule has 1 heterocycles. The molecule has 1 saturated heterocycles. The third-order valence-electron chi connectivity index (χ3n) is 12.1. The lowest BCUT2D eigenvalue weighted by Crippen LogP contribution is -2.69. The normalized spacial score (nSPS) is 20.8. The molecule has 3 aromatic rings. The summed E-state index contributed by atoms with van der Waals surface area (Å²) < 4.78 is 47.2. The first-order valence-electron chi connectivity index (χ1n) is 20.7. The van der Waals surface area contributed by atoms with Crippen LogP contribution < -0.4 is 10.4 Å². The fraction of sp³-hybridized carbons (Fsp3) is 0.562. The average molecular weight is 833 g/mol. The first-order valence-corrected chi connectivity index (χ1v) is 25.6. The maximum atomic E-state index is 14.2. The summed E-state index contributed by atoms with van der Waals surface area (Å²) in [5.41, 5.74) is 0.599. The molecule has 1 aliphatic rings. The van der Waals surface area contributed by atoms with Crippen LogP contribution in [0.3, 0.4) is 0 Å². The zero-order chi connectivity index (χ0) is 43.2. The van der Waals surface area contributed by atoms with Crippen molar-refractivity contribution in [2.75, 3.05) is 14.2 Å². The van der Waals surface area contributed by atoms with E-state index in [9.17, 15) is 4.79 Å². The predicted octanol–water partition coefficient (Wildman–Crippen LogP) is 9.61. The van der Waals surface area contributed by atoms with E-state index in [1.165, 1.54) is 7.11 Å². The maximum absolute atomic E-state index is 14.2. The third kappa shape index (κ3) is 11.3. The summed E-state index contributed by atoms with van der Waals surface area (Å²) in [5.74, 6) is -1.42. The smallest absolute Gasteiger partial charge is 0.336 e. The SMILES string of the molecule is C=CC(C)(C)[C@@H]1OC(C)(C)O[C@H](C[C@H](C[C@@H](OC)[C@H](O[Si](c2ccccc2)(c2ccccc2)C(C)(C)C)C(=O)OC)O[Si](C)(C)C(C)(C)C)[C@H]1OCc1ccccc1. The molecular formula is C48H72O8Si2. The van der Waals surface area contributed by atoms with Gasteiger partial charge in [0.05, 0.1) is 38.1 Å². The molecule has 0 unspecified atom stereocenters. The summed E-state index contributed by atoms with van der Waals surface area (Å²) in [4.78, 5) is 14.2. The van der Waals surface area contributed by atoms with Crippen molar-refractivity contribution in [3.63, 3.8) is 0 Å². The Morgan fingerprint density at radius 3 is 1.76 bits per heavy atom. The number of carbonyl (C=O) groups is 1. The van der Waals surface area contributed by atoms with E-state index in [0.717, 1.165) is 15.9 Å². The van der Waals surface area contributed by atoms with Crippen molar-refractivity contribution in [1.29, 1.82) is 0 Å². The van der Waals surface area contributed by atoms with Gasteiger partial charge in [-0.2, -0.15) is 0 Å². The molecule has 1 aliphatic heterocycles. The number of hydrogen-bond acceptors (Lipinski definition) is 8. The number of carbonyl (C=O) groups excluding carboxylic acids is 1. The van der Waals surface area contributed by atoms with Crippen LogP contribution in [-0.2, 0) is 43.9 Å². The molecule has 0 saturated carbocycles. The van der Waals surface area contributed by atoms with Crippen LogP contribution >= 0.6 is 0 Å². The summed E-state index contributed by atoms with van der Waals surface area (Å²) in [6, 6.07) is 30.8. The van der Waals surface area contributed by atoms with Crippen LogP contribution in [0.4, 0.5) is 0 Å². The summed E-state index contributed by atoms with van der Waals surface area (Å²) in [6.45, 7) is 30.5. The quantitative estimate of drug-likeness (QED) is 0.0713. The zero-order valence-corrected chi connectivity index (χ0v) is 39.8. The molecule has 0 N–H and O–H groups in total. The predicted molar refractivity (Wildman–Crippen MR) is 239 cm³/mol. The van der Waals surface area contributed by atoms with Crippen molar-refractivity contribution < 1.29 is 37.3 Å². The van der Waals surface area contributed by atoms with Crippen LogP contribution in [0.5, 0.6) is 0 Å². The van der Waals surface area contributed by atoms with Crippen LogP contribution in [-0.4, -0.2) is 79.2 Å². The third-order valence-corrected chi connectivity index (χ3v) is 21.7. The molecule has 0 bridgehead atoms. The Labute approximate surface area is 352 Å². The minimum Gasteiger partial charge on any atom is -0.467 e. The molecule has 0 aromatic heterocycles. The fourth-order valence-corrected chi connectivity index (χ4v) is 13.8. The van der Waals surface area contributed by atoms with Crippen LogP contribution in [0.25, 0.3) is 0 Å². The lowest BCUT2D eigenvalue weighted by Gasteiger charge is -2.51. The van der Waals surface area contributed by atoms with Gasteiger partial charge < -0.3 is 32.5 Å². The first-order chi connectivity index (χ1) is 27.0. The van der Waals surface area contributed by atoms with Crippen LogP contribution in [0.1, 0.15) is 87.6 Å². The largest absolute Gasteiger partial charge is 0.467 e. The van der Waals surface area contributed by atoms with E-state index in [0.29, 0.717) is 19.4 Å². The van der Waals surface area contributed by atoms with E-state index >= 15 is 0 Å². The van der Waals surface area contributed by atoms with Gasteiger partial charge in [-0.1, -0.05) is 152 Å². The first kappa shape index (κ1) is 47.7. The summed E-state index contributed by atoms with van der Waals surface area (Å²) in [7, 11) is -2.60. The van der Waals surface area contributed by atoms with Gasteiger partial charge in [0, 0.05) is 25.4 Å². The van der Waals surface area contributed by atoms with Crippen molar-refractivity contribution in [3.8, 4) is 0 Å². The van der Waals surface area contributed by atoms with Crippen LogP contribution in [0.15, 0.2) is 104 Å². The van der Waals surface area contributed by atoms with Gasteiger partial charge in [-0.25, -0.2) is 4.79 Å². The van der Waals surface area contributed by atoms with E-state index in [1.54, 1.807) is 7.11 Å². The minimum absolute atomic E-state index is 0.104. The summed E-state index contributed by atoms with van der Waals surface area (Å²) in [5, 5.41) is 1.61. The molecule has 8 nitrogen and oxygen atoms in total. The second-order valence-electron chi connectivity index (χ2n) is 19.4. The molecule has 1 fully saturated rings. The molecule has 0 radical (unpaired) electrons. The molecule has 320 valence electrons. The molecule has 6 atom stereocenters. The highest BCUT2D eigenvalue weighted by atomic mass is 28.4. The van der Waals surface area contributed by atoms with Gasteiger partial charge in [-0.3, -0.25) is 0 Å². The van der Waals surface area contributed by atoms with E-state index in [4.69, 9.17) is 32.5 Å². The van der Waals surface area contributed by atoms with Gasteiger partial charge in [0.15, 0.2) is 20.2 Å². The second kappa shape index (κ2) is 19.2. The van der Waals surface area contributed by atoms with E-state index in [2.05, 4.69) is 111 Å². The van der Waals surface area contributed by atoms with Crippen LogP contribution in [0, 0.1) is 5.41 Å².